The van der Waals surface area contributed by atoms with Crippen molar-refractivity contribution in [2.24, 2.45) is 0 Å². The second-order valence-electron chi connectivity index (χ2n) is 13.9. The molecule has 1 heterocycles. The Kier molecular flexibility index (Phi) is 11.3. The number of imidazole rings is 1. The van der Waals surface area contributed by atoms with Gasteiger partial charge in [0.05, 0.1) is 21.7 Å². The third kappa shape index (κ3) is 9.23. The summed E-state index contributed by atoms with van der Waals surface area (Å²) in [6.45, 7) is 10.9. The number of esters is 2. The summed E-state index contributed by atoms with van der Waals surface area (Å²) in [6, 6.07) is 10.9. The average Bonchev–Trinajstić information content (AvgIpc) is 3.45. The first-order chi connectivity index (χ1) is 23.4. The molecule has 0 saturated heterocycles. The average molecular weight is 764 g/mol. The number of aliphatic hydroxyl groups is 1. The lowest BCUT2D eigenvalue weighted by molar-refractivity contribution is -0.149. The van der Waals surface area contributed by atoms with Gasteiger partial charge >= 0.3 is 11.9 Å². The molecule has 0 aliphatic carbocycles. The van der Waals surface area contributed by atoms with Gasteiger partial charge in [0.1, 0.15) is 35.3 Å². The fraction of sp³-hybridized carbons (Fsp3) is 0.324. The minimum Gasteiger partial charge on any atom is -0.458 e. The molecule has 4 rings (SSSR count). The summed E-state index contributed by atoms with van der Waals surface area (Å²) in [4.78, 5) is 28.7. The fourth-order valence-corrected chi connectivity index (χ4v) is 6.79. The number of hydrogen-bond acceptors (Lipinski definition) is 8. The van der Waals surface area contributed by atoms with Crippen LogP contribution in [0.2, 0.25) is 10.0 Å². The van der Waals surface area contributed by atoms with Crippen molar-refractivity contribution in [3.8, 4) is 16.8 Å². The van der Waals surface area contributed by atoms with Gasteiger partial charge in [0.15, 0.2) is 9.84 Å². The first-order valence-corrected chi connectivity index (χ1v) is 18.2. The summed E-state index contributed by atoms with van der Waals surface area (Å²) >= 11 is 13.2. The number of ether oxygens (including phenoxy) is 2. The standard InChI is InChI=1S/C37H38Cl2F2N2O7S/c1-35(2,3)50-32(45)15-14-31(44)49-20-24-23(17-22(18-27(24)40)51(8,47)48)21-12-13-29(28(41)16-21)43-19-30(37(6,7)46)42-34(43)36(4,5)33-25(38)10-9-11-26(33)39/h9-19,46H,20H2,1-8H3. The molecule has 4 aromatic rings. The van der Waals surface area contributed by atoms with E-state index in [1.807, 2.05) is 0 Å². The van der Waals surface area contributed by atoms with Gasteiger partial charge in [-0.3, -0.25) is 4.57 Å². The number of benzene rings is 3. The van der Waals surface area contributed by atoms with E-state index >= 15 is 8.78 Å². The molecule has 0 saturated carbocycles. The van der Waals surface area contributed by atoms with Crippen molar-refractivity contribution in [2.45, 2.75) is 76.6 Å². The predicted octanol–water partition coefficient (Wildman–Crippen LogP) is 8.02. The quantitative estimate of drug-likeness (QED) is 0.127. The molecular formula is C37H38Cl2F2N2O7S. The number of hydrogen-bond donors (Lipinski definition) is 1. The Morgan fingerprint density at radius 3 is 2.08 bits per heavy atom. The number of carbonyl (C=O) groups excluding carboxylic acids is 2. The van der Waals surface area contributed by atoms with Crippen LogP contribution in [-0.2, 0) is 46.5 Å². The van der Waals surface area contributed by atoms with E-state index < -0.39 is 56.6 Å². The summed E-state index contributed by atoms with van der Waals surface area (Å²) in [5.41, 5.74) is -2.74. The van der Waals surface area contributed by atoms with Gasteiger partial charge in [0.25, 0.3) is 0 Å². The normalized spacial score (nSPS) is 12.7. The van der Waals surface area contributed by atoms with E-state index in [0.29, 0.717) is 21.4 Å². The van der Waals surface area contributed by atoms with E-state index in [2.05, 4.69) is 4.98 Å². The van der Waals surface area contributed by atoms with Crippen LogP contribution >= 0.6 is 23.2 Å². The summed E-state index contributed by atoms with van der Waals surface area (Å²) in [5, 5.41) is 11.6. The van der Waals surface area contributed by atoms with Gasteiger partial charge in [-0.05, 0) is 96.0 Å². The molecule has 0 radical (unpaired) electrons. The Bertz CT molecular complexity index is 2130. The van der Waals surface area contributed by atoms with Crippen LogP contribution in [0.5, 0.6) is 0 Å². The second kappa shape index (κ2) is 14.5. The molecule has 3 aromatic carbocycles. The molecule has 0 atom stereocenters. The van der Waals surface area contributed by atoms with Crippen LogP contribution in [0.25, 0.3) is 16.8 Å². The van der Waals surface area contributed by atoms with E-state index in [-0.39, 0.29) is 33.0 Å². The molecule has 0 aliphatic rings. The molecule has 0 bridgehead atoms. The van der Waals surface area contributed by atoms with Crippen LogP contribution in [0.3, 0.4) is 0 Å². The van der Waals surface area contributed by atoms with Gasteiger partial charge < -0.3 is 14.6 Å². The number of sulfone groups is 1. The minimum atomic E-state index is -3.93. The van der Waals surface area contributed by atoms with Crippen molar-refractivity contribution in [3.05, 3.63) is 111 Å². The van der Waals surface area contributed by atoms with Crippen molar-refractivity contribution in [2.75, 3.05) is 6.26 Å². The minimum absolute atomic E-state index is 0.00648. The first-order valence-electron chi connectivity index (χ1n) is 15.6. The molecule has 0 amide bonds. The Hall–Kier alpha value is -4.10. The van der Waals surface area contributed by atoms with Gasteiger partial charge in [-0.1, -0.05) is 35.3 Å². The molecule has 0 unspecified atom stereocenters. The van der Waals surface area contributed by atoms with Crippen molar-refractivity contribution in [1.82, 2.24) is 9.55 Å². The highest BCUT2D eigenvalue weighted by atomic mass is 35.5. The number of halogens is 4. The van der Waals surface area contributed by atoms with Crippen molar-refractivity contribution in [1.29, 1.82) is 0 Å². The van der Waals surface area contributed by atoms with E-state index in [0.717, 1.165) is 36.6 Å². The molecule has 272 valence electrons. The van der Waals surface area contributed by atoms with Crippen LogP contribution < -0.4 is 0 Å². The monoisotopic (exact) mass is 762 g/mol. The lowest BCUT2D eigenvalue weighted by atomic mass is 9.83. The van der Waals surface area contributed by atoms with Crippen LogP contribution in [0.15, 0.2) is 71.8 Å². The predicted molar refractivity (Wildman–Crippen MR) is 191 cm³/mol. The van der Waals surface area contributed by atoms with Crippen LogP contribution in [0.4, 0.5) is 8.78 Å². The van der Waals surface area contributed by atoms with E-state index in [1.54, 1.807) is 52.8 Å². The summed E-state index contributed by atoms with van der Waals surface area (Å²) in [7, 11) is -3.93. The summed E-state index contributed by atoms with van der Waals surface area (Å²) < 4.78 is 68.5. The maximum Gasteiger partial charge on any atom is 0.331 e. The fourth-order valence-electron chi connectivity index (χ4n) is 5.27. The Morgan fingerprint density at radius 2 is 1.53 bits per heavy atom. The number of rotatable bonds is 10. The smallest absolute Gasteiger partial charge is 0.331 e. The van der Waals surface area contributed by atoms with Gasteiger partial charge in [-0.25, -0.2) is 31.8 Å². The molecule has 51 heavy (non-hydrogen) atoms. The SMILES string of the molecule is CC(C)(C)OC(=O)C=CC(=O)OCc1c(F)cc(S(C)(=O)=O)cc1-c1ccc(-n2cc(C(C)(C)O)nc2C(C)(C)c2c(Cl)cccc2Cl)c(F)c1. The van der Waals surface area contributed by atoms with E-state index in [4.69, 9.17) is 32.7 Å². The van der Waals surface area contributed by atoms with Crippen molar-refractivity contribution < 1.29 is 41.4 Å². The van der Waals surface area contributed by atoms with Gasteiger partial charge in [-0.15, -0.1) is 0 Å². The lowest BCUT2D eigenvalue weighted by Gasteiger charge is -2.28. The zero-order valence-corrected chi connectivity index (χ0v) is 31.6. The molecular weight excluding hydrogens is 725 g/mol. The van der Waals surface area contributed by atoms with Crippen molar-refractivity contribution >= 4 is 45.0 Å². The highest BCUT2D eigenvalue weighted by molar-refractivity contribution is 7.90. The largest absolute Gasteiger partial charge is 0.458 e. The van der Waals surface area contributed by atoms with Crippen molar-refractivity contribution in [3.63, 3.8) is 0 Å². The zero-order chi connectivity index (χ0) is 38.3. The first kappa shape index (κ1) is 39.7. The maximum atomic E-state index is 16.3. The summed E-state index contributed by atoms with van der Waals surface area (Å²) in [6.07, 6.45) is 4.05. The van der Waals surface area contributed by atoms with E-state index in [9.17, 15) is 23.1 Å². The van der Waals surface area contributed by atoms with Gasteiger partial charge in [-0.2, -0.15) is 0 Å². The number of aromatic nitrogens is 2. The molecule has 14 heteroatoms. The van der Waals surface area contributed by atoms with Gasteiger partial charge in [0.2, 0.25) is 0 Å². The van der Waals surface area contributed by atoms with Crippen LogP contribution in [-0.4, -0.2) is 46.9 Å². The van der Waals surface area contributed by atoms with Crippen LogP contribution in [0.1, 0.15) is 71.1 Å². The molecule has 1 N–H and O–H groups in total. The Balaban J connectivity index is 1.81. The second-order valence-corrected chi connectivity index (χ2v) is 16.8. The molecule has 9 nitrogen and oxygen atoms in total. The number of nitrogens with zero attached hydrogens (tertiary/aromatic N) is 2. The third-order valence-electron chi connectivity index (χ3n) is 7.72. The molecule has 1 aromatic heterocycles. The lowest BCUT2D eigenvalue weighted by Crippen LogP contribution is -2.25. The van der Waals surface area contributed by atoms with E-state index in [1.165, 1.54) is 36.7 Å². The summed E-state index contributed by atoms with van der Waals surface area (Å²) in [5.74, 6) is -3.35. The Labute approximate surface area is 305 Å². The molecule has 0 spiro atoms. The highest BCUT2D eigenvalue weighted by Crippen LogP contribution is 2.42. The van der Waals surface area contributed by atoms with Gasteiger partial charge in [0, 0.05) is 45.8 Å². The molecule has 0 aliphatic heterocycles. The van der Waals surface area contributed by atoms with Crippen LogP contribution in [0, 0.1) is 11.6 Å². The highest BCUT2D eigenvalue weighted by Gasteiger charge is 2.36. The number of carbonyl (C=O) groups is 2. The Morgan fingerprint density at radius 1 is 0.922 bits per heavy atom. The third-order valence-corrected chi connectivity index (χ3v) is 9.44. The zero-order valence-electron chi connectivity index (χ0n) is 29.3. The molecule has 0 fully saturated rings. The maximum absolute atomic E-state index is 16.3. The topological polar surface area (TPSA) is 125 Å².